The summed E-state index contributed by atoms with van der Waals surface area (Å²) in [6, 6.07) is 13.4. The van der Waals surface area contributed by atoms with Crippen molar-refractivity contribution in [3.63, 3.8) is 0 Å². The van der Waals surface area contributed by atoms with Crippen molar-refractivity contribution >= 4 is 34.1 Å². The van der Waals surface area contributed by atoms with Crippen LogP contribution in [0.4, 0.5) is 11.4 Å². The van der Waals surface area contributed by atoms with Crippen LogP contribution in [0.25, 0.3) is 10.9 Å². The number of carbonyl (C=O) groups is 2. The second kappa shape index (κ2) is 8.81. The van der Waals surface area contributed by atoms with E-state index in [1.807, 2.05) is 62.8 Å². The number of amides is 2. The van der Waals surface area contributed by atoms with Gasteiger partial charge < -0.3 is 24.8 Å². The van der Waals surface area contributed by atoms with Gasteiger partial charge in [0.1, 0.15) is 5.75 Å². The molecule has 4 rings (SSSR count). The van der Waals surface area contributed by atoms with Crippen molar-refractivity contribution in [3.8, 4) is 5.75 Å². The molecular weight excluding hydrogens is 392 g/mol. The van der Waals surface area contributed by atoms with Crippen LogP contribution in [-0.2, 0) is 16.0 Å². The van der Waals surface area contributed by atoms with Crippen LogP contribution < -0.4 is 15.0 Å². The molecule has 1 aromatic heterocycles. The quantitative estimate of drug-likeness (QED) is 0.614. The van der Waals surface area contributed by atoms with E-state index in [0.717, 1.165) is 29.4 Å². The SMILES string of the molecule is CC1Oc2ccc(NC(=O)Cc3c[nH]c4ccccc34)cc2N(CCCN(C)C)C1=O. The lowest BCUT2D eigenvalue weighted by atomic mass is 10.1. The third kappa shape index (κ3) is 4.56. The van der Waals surface area contributed by atoms with Crippen molar-refractivity contribution in [2.75, 3.05) is 37.4 Å². The molecule has 0 aliphatic carbocycles. The van der Waals surface area contributed by atoms with Crippen LogP contribution >= 0.6 is 0 Å². The van der Waals surface area contributed by atoms with Crippen molar-refractivity contribution in [2.45, 2.75) is 25.9 Å². The summed E-state index contributed by atoms with van der Waals surface area (Å²) in [5.41, 5.74) is 3.31. The van der Waals surface area contributed by atoms with Gasteiger partial charge in [0, 0.05) is 29.3 Å². The second-order valence-corrected chi connectivity index (χ2v) is 8.17. The highest BCUT2D eigenvalue weighted by Gasteiger charge is 2.31. The van der Waals surface area contributed by atoms with Gasteiger partial charge in [0.2, 0.25) is 5.91 Å². The van der Waals surface area contributed by atoms with Crippen LogP contribution in [0.1, 0.15) is 18.9 Å². The standard InChI is InChI=1S/C24H28N4O3/c1-16-24(30)28(12-6-11-27(2)3)21-14-18(9-10-22(21)31-16)26-23(29)13-17-15-25-20-8-5-4-7-19(17)20/h4-5,7-10,14-16,25H,6,11-13H2,1-3H3,(H,26,29). The Morgan fingerprint density at radius 3 is 2.84 bits per heavy atom. The van der Waals surface area contributed by atoms with Gasteiger partial charge in [-0.05, 0) is 63.8 Å². The first-order chi connectivity index (χ1) is 14.9. The summed E-state index contributed by atoms with van der Waals surface area (Å²) in [5.74, 6) is 0.486. The number of nitrogens with zero attached hydrogens (tertiary/aromatic N) is 2. The first-order valence-electron chi connectivity index (χ1n) is 10.5. The molecule has 31 heavy (non-hydrogen) atoms. The molecule has 1 atom stereocenters. The third-order valence-corrected chi connectivity index (χ3v) is 5.46. The smallest absolute Gasteiger partial charge is 0.267 e. The molecule has 7 nitrogen and oxygen atoms in total. The average molecular weight is 421 g/mol. The van der Waals surface area contributed by atoms with Gasteiger partial charge >= 0.3 is 0 Å². The molecule has 0 spiro atoms. The third-order valence-electron chi connectivity index (χ3n) is 5.46. The van der Waals surface area contributed by atoms with E-state index in [1.165, 1.54) is 0 Å². The normalized spacial score (nSPS) is 15.8. The minimum absolute atomic E-state index is 0.0616. The number of para-hydroxylation sites is 1. The van der Waals surface area contributed by atoms with Crippen molar-refractivity contribution in [2.24, 2.45) is 0 Å². The fourth-order valence-electron chi connectivity index (χ4n) is 3.92. The van der Waals surface area contributed by atoms with Crippen LogP contribution in [0.2, 0.25) is 0 Å². The minimum atomic E-state index is -0.519. The average Bonchev–Trinajstić information content (AvgIpc) is 3.14. The maximum Gasteiger partial charge on any atom is 0.267 e. The predicted octanol–water partition coefficient (Wildman–Crippen LogP) is 3.41. The molecule has 162 valence electrons. The maximum absolute atomic E-state index is 12.7. The lowest BCUT2D eigenvalue weighted by molar-refractivity contribution is -0.125. The molecule has 2 N–H and O–H groups in total. The van der Waals surface area contributed by atoms with Crippen molar-refractivity contribution in [3.05, 3.63) is 54.2 Å². The Labute approximate surface area is 182 Å². The summed E-state index contributed by atoms with van der Waals surface area (Å²) in [5, 5.41) is 4.01. The highest BCUT2D eigenvalue weighted by molar-refractivity contribution is 6.01. The molecule has 2 amide bonds. The maximum atomic E-state index is 12.7. The summed E-state index contributed by atoms with van der Waals surface area (Å²) in [6.45, 7) is 3.25. The Kier molecular flexibility index (Phi) is 5.95. The molecule has 0 fully saturated rings. The van der Waals surface area contributed by atoms with Crippen molar-refractivity contribution in [1.29, 1.82) is 0 Å². The zero-order valence-corrected chi connectivity index (χ0v) is 18.1. The monoisotopic (exact) mass is 420 g/mol. The Hall–Kier alpha value is -3.32. The minimum Gasteiger partial charge on any atom is -0.479 e. The largest absolute Gasteiger partial charge is 0.479 e. The number of benzene rings is 2. The van der Waals surface area contributed by atoms with Gasteiger partial charge in [-0.2, -0.15) is 0 Å². The number of aromatic nitrogens is 1. The van der Waals surface area contributed by atoms with E-state index >= 15 is 0 Å². The molecule has 1 aliphatic heterocycles. The van der Waals surface area contributed by atoms with E-state index in [2.05, 4.69) is 15.2 Å². The van der Waals surface area contributed by atoms with Gasteiger partial charge in [0.25, 0.3) is 5.91 Å². The number of nitrogens with one attached hydrogen (secondary N) is 2. The van der Waals surface area contributed by atoms with Crippen molar-refractivity contribution < 1.29 is 14.3 Å². The highest BCUT2D eigenvalue weighted by Crippen LogP contribution is 2.36. The molecule has 1 aliphatic rings. The Bertz CT molecular complexity index is 1110. The predicted molar refractivity (Wildman–Crippen MR) is 123 cm³/mol. The number of H-pyrrole nitrogens is 1. The van der Waals surface area contributed by atoms with E-state index in [-0.39, 0.29) is 18.2 Å². The molecular formula is C24H28N4O3. The number of fused-ring (bicyclic) bond motifs is 2. The zero-order chi connectivity index (χ0) is 22.0. The number of hydrogen-bond donors (Lipinski definition) is 2. The van der Waals surface area contributed by atoms with E-state index in [9.17, 15) is 9.59 Å². The van der Waals surface area contributed by atoms with Crippen LogP contribution in [-0.4, -0.2) is 55.0 Å². The zero-order valence-electron chi connectivity index (χ0n) is 18.1. The van der Waals surface area contributed by atoms with Crippen LogP contribution in [0.5, 0.6) is 5.75 Å². The number of rotatable bonds is 7. The van der Waals surface area contributed by atoms with Crippen LogP contribution in [0, 0.1) is 0 Å². The molecule has 3 aromatic rings. The Morgan fingerprint density at radius 2 is 2.03 bits per heavy atom. The van der Waals surface area contributed by atoms with Gasteiger partial charge in [-0.15, -0.1) is 0 Å². The van der Waals surface area contributed by atoms with Crippen LogP contribution in [0.3, 0.4) is 0 Å². The first kappa shape index (κ1) is 20.9. The van der Waals surface area contributed by atoms with Gasteiger partial charge in [0.05, 0.1) is 12.1 Å². The molecule has 0 radical (unpaired) electrons. The summed E-state index contributed by atoms with van der Waals surface area (Å²) < 4.78 is 5.78. The number of hydrogen-bond acceptors (Lipinski definition) is 4. The summed E-state index contributed by atoms with van der Waals surface area (Å²) in [6.07, 6.45) is 2.47. The van der Waals surface area contributed by atoms with E-state index in [0.29, 0.717) is 23.7 Å². The number of aromatic amines is 1. The summed E-state index contributed by atoms with van der Waals surface area (Å²) in [4.78, 5) is 32.5. The van der Waals surface area contributed by atoms with Gasteiger partial charge in [-0.3, -0.25) is 9.59 Å². The Balaban J connectivity index is 1.50. The molecule has 0 saturated heterocycles. The fraction of sp³-hybridized carbons (Fsp3) is 0.333. The lowest BCUT2D eigenvalue weighted by Gasteiger charge is -2.33. The van der Waals surface area contributed by atoms with Crippen molar-refractivity contribution in [1.82, 2.24) is 9.88 Å². The number of ether oxygens (including phenoxy) is 1. The first-order valence-corrected chi connectivity index (χ1v) is 10.5. The van der Waals surface area contributed by atoms with Crippen LogP contribution in [0.15, 0.2) is 48.7 Å². The molecule has 0 saturated carbocycles. The number of carbonyl (C=O) groups excluding carboxylic acids is 2. The molecule has 0 bridgehead atoms. The lowest BCUT2D eigenvalue weighted by Crippen LogP contribution is -2.45. The highest BCUT2D eigenvalue weighted by atomic mass is 16.5. The molecule has 2 heterocycles. The summed E-state index contributed by atoms with van der Waals surface area (Å²) >= 11 is 0. The summed E-state index contributed by atoms with van der Waals surface area (Å²) in [7, 11) is 4.03. The van der Waals surface area contributed by atoms with Gasteiger partial charge in [-0.25, -0.2) is 0 Å². The van der Waals surface area contributed by atoms with E-state index < -0.39 is 6.10 Å². The number of anilines is 2. The van der Waals surface area contributed by atoms with Gasteiger partial charge in [0.15, 0.2) is 6.10 Å². The topological polar surface area (TPSA) is 77.7 Å². The molecule has 2 aromatic carbocycles. The molecule has 1 unspecified atom stereocenters. The second-order valence-electron chi connectivity index (χ2n) is 8.17. The Morgan fingerprint density at radius 1 is 1.23 bits per heavy atom. The van der Waals surface area contributed by atoms with E-state index in [4.69, 9.17) is 4.74 Å². The fourth-order valence-corrected chi connectivity index (χ4v) is 3.92. The molecule has 7 heteroatoms. The van der Waals surface area contributed by atoms with Gasteiger partial charge in [-0.1, -0.05) is 18.2 Å². The van der Waals surface area contributed by atoms with E-state index in [1.54, 1.807) is 11.8 Å².